The van der Waals surface area contributed by atoms with Gasteiger partial charge in [-0.3, -0.25) is 4.79 Å². The number of likely N-dealkylation sites (tertiary alicyclic amines) is 1. The second-order valence-electron chi connectivity index (χ2n) is 3.68. The summed E-state index contributed by atoms with van der Waals surface area (Å²) in [6.45, 7) is 0.476. The third-order valence-electron chi connectivity index (χ3n) is 2.50. The lowest BCUT2D eigenvalue weighted by Crippen LogP contribution is -2.72. The number of methoxy groups -OCH3 is 1. The number of nitrogens with zero attached hydrogens (tertiary/aromatic N) is 1. The molecule has 88 valence electrons. The van der Waals surface area contributed by atoms with Gasteiger partial charge in [-0.1, -0.05) is 0 Å². The molecule has 1 aliphatic rings. The smallest absolute Gasteiger partial charge is 0.365 e. The van der Waals surface area contributed by atoms with E-state index in [0.717, 1.165) is 12.0 Å². The molecular formula is C8H13F3N2O2. The van der Waals surface area contributed by atoms with Gasteiger partial charge in [-0.2, -0.15) is 13.2 Å². The zero-order valence-corrected chi connectivity index (χ0v) is 8.47. The summed E-state index contributed by atoms with van der Waals surface area (Å²) in [5.74, 6) is -0.494. The summed E-state index contributed by atoms with van der Waals surface area (Å²) < 4.78 is 41.9. The van der Waals surface area contributed by atoms with Gasteiger partial charge in [0.05, 0.1) is 19.1 Å². The molecule has 0 saturated carbocycles. The van der Waals surface area contributed by atoms with Crippen LogP contribution in [-0.4, -0.2) is 48.8 Å². The monoisotopic (exact) mass is 226 g/mol. The fraction of sp³-hybridized carbons (Fsp3) is 0.875. The quantitative estimate of drug-likeness (QED) is 0.727. The Kier molecular flexibility index (Phi) is 2.97. The highest BCUT2D eigenvalue weighted by molar-refractivity contribution is 5.82. The fourth-order valence-corrected chi connectivity index (χ4v) is 1.44. The molecule has 0 aromatic heterocycles. The van der Waals surface area contributed by atoms with Crippen LogP contribution >= 0.6 is 0 Å². The zero-order valence-electron chi connectivity index (χ0n) is 8.47. The van der Waals surface area contributed by atoms with Crippen molar-refractivity contribution in [2.45, 2.75) is 24.7 Å². The van der Waals surface area contributed by atoms with Gasteiger partial charge in [0.25, 0.3) is 0 Å². The zero-order chi connectivity index (χ0) is 11.9. The van der Waals surface area contributed by atoms with Crippen LogP contribution in [0.15, 0.2) is 0 Å². The van der Waals surface area contributed by atoms with Crippen LogP contribution in [0.4, 0.5) is 13.2 Å². The largest absolute Gasteiger partial charge is 0.420 e. The predicted molar refractivity (Wildman–Crippen MR) is 46.0 cm³/mol. The Morgan fingerprint density at radius 1 is 1.53 bits per heavy atom. The van der Waals surface area contributed by atoms with Crippen molar-refractivity contribution in [2.24, 2.45) is 5.73 Å². The number of rotatable bonds is 2. The Morgan fingerprint density at radius 3 is 2.27 bits per heavy atom. The Bertz CT molecular complexity index is 259. The molecule has 2 N–H and O–H groups in total. The number of amides is 1. The van der Waals surface area contributed by atoms with Gasteiger partial charge in [-0.25, -0.2) is 0 Å². The standard InChI is InChI=1S/C8H13F3N2O2/c1-5(12)6(14)13-3-7(4-13,15-2)8(9,10)11/h5H,3-4,12H2,1-2H3. The van der Waals surface area contributed by atoms with Crippen molar-refractivity contribution >= 4 is 5.91 Å². The first-order valence-electron chi connectivity index (χ1n) is 4.40. The molecule has 1 amide bonds. The summed E-state index contributed by atoms with van der Waals surface area (Å²) in [4.78, 5) is 12.3. The van der Waals surface area contributed by atoms with Crippen molar-refractivity contribution in [3.05, 3.63) is 0 Å². The molecule has 1 heterocycles. The minimum absolute atomic E-state index is 0.479. The summed E-state index contributed by atoms with van der Waals surface area (Å²) in [5, 5.41) is 0. The molecule has 1 atom stereocenters. The van der Waals surface area contributed by atoms with E-state index in [1.54, 1.807) is 0 Å². The van der Waals surface area contributed by atoms with Crippen molar-refractivity contribution in [2.75, 3.05) is 20.2 Å². The fourth-order valence-electron chi connectivity index (χ4n) is 1.44. The molecule has 4 nitrogen and oxygen atoms in total. The third kappa shape index (κ3) is 1.93. The van der Waals surface area contributed by atoms with Gasteiger partial charge >= 0.3 is 6.18 Å². The molecule has 0 aliphatic carbocycles. The molecule has 1 fully saturated rings. The third-order valence-corrected chi connectivity index (χ3v) is 2.50. The number of nitrogens with two attached hydrogens (primary N) is 1. The molecule has 0 aromatic carbocycles. The molecular weight excluding hydrogens is 213 g/mol. The molecule has 0 spiro atoms. The van der Waals surface area contributed by atoms with E-state index >= 15 is 0 Å². The van der Waals surface area contributed by atoms with Crippen LogP contribution in [0.25, 0.3) is 0 Å². The van der Waals surface area contributed by atoms with Gasteiger partial charge < -0.3 is 15.4 Å². The topological polar surface area (TPSA) is 55.6 Å². The van der Waals surface area contributed by atoms with Crippen molar-refractivity contribution in [3.63, 3.8) is 0 Å². The molecule has 7 heteroatoms. The molecule has 1 aliphatic heterocycles. The normalized spacial score (nSPS) is 22.1. The number of hydrogen-bond donors (Lipinski definition) is 1. The highest BCUT2D eigenvalue weighted by atomic mass is 19.4. The number of alkyl halides is 3. The van der Waals surface area contributed by atoms with E-state index in [1.165, 1.54) is 6.92 Å². The Balaban J connectivity index is 2.64. The molecule has 1 saturated heterocycles. The molecule has 0 radical (unpaired) electrons. The van der Waals surface area contributed by atoms with Crippen LogP contribution in [0, 0.1) is 0 Å². The first-order chi connectivity index (χ1) is 6.73. The second-order valence-corrected chi connectivity index (χ2v) is 3.68. The van der Waals surface area contributed by atoms with E-state index in [1.807, 2.05) is 0 Å². The maximum atomic E-state index is 12.5. The van der Waals surface area contributed by atoms with E-state index in [2.05, 4.69) is 4.74 Å². The maximum absolute atomic E-state index is 12.5. The lowest BCUT2D eigenvalue weighted by molar-refractivity contribution is -0.306. The number of carbonyl (C=O) groups excluding carboxylic acids is 1. The first kappa shape index (κ1) is 12.3. The number of hydrogen-bond acceptors (Lipinski definition) is 3. The van der Waals surface area contributed by atoms with Crippen molar-refractivity contribution < 1.29 is 22.7 Å². The van der Waals surface area contributed by atoms with Crippen LogP contribution in [0.3, 0.4) is 0 Å². The van der Waals surface area contributed by atoms with Gasteiger partial charge in [0.1, 0.15) is 0 Å². The molecule has 15 heavy (non-hydrogen) atoms. The van der Waals surface area contributed by atoms with Crippen molar-refractivity contribution in [1.29, 1.82) is 0 Å². The minimum atomic E-state index is -4.46. The molecule has 1 unspecified atom stereocenters. The van der Waals surface area contributed by atoms with E-state index in [0.29, 0.717) is 0 Å². The molecule has 0 bridgehead atoms. The maximum Gasteiger partial charge on any atom is 0.420 e. The van der Waals surface area contributed by atoms with Crippen molar-refractivity contribution in [3.8, 4) is 0 Å². The van der Waals surface area contributed by atoms with Crippen LogP contribution < -0.4 is 5.73 Å². The highest BCUT2D eigenvalue weighted by Crippen LogP contribution is 2.40. The molecule has 1 rings (SSSR count). The average molecular weight is 226 g/mol. The van der Waals surface area contributed by atoms with Gasteiger partial charge in [0.2, 0.25) is 5.91 Å². The summed E-state index contributed by atoms with van der Waals surface area (Å²) in [6, 6.07) is -0.784. The van der Waals surface area contributed by atoms with E-state index in [4.69, 9.17) is 5.73 Å². The van der Waals surface area contributed by atoms with Crippen LogP contribution in [-0.2, 0) is 9.53 Å². The van der Waals surface area contributed by atoms with Crippen LogP contribution in [0.5, 0.6) is 0 Å². The Labute approximate surface area is 85.2 Å². The van der Waals surface area contributed by atoms with Gasteiger partial charge in [-0.05, 0) is 6.92 Å². The van der Waals surface area contributed by atoms with Gasteiger partial charge in [-0.15, -0.1) is 0 Å². The lowest BCUT2D eigenvalue weighted by Gasteiger charge is -2.49. The first-order valence-corrected chi connectivity index (χ1v) is 4.40. The van der Waals surface area contributed by atoms with Gasteiger partial charge in [0, 0.05) is 7.11 Å². The summed E-state index contributed by atoms with van der Waals surface area (Å²) in [6.07, 6.45) is -4.46. The average Bonchev–Trinajstić information content (AvgIpc) is 1.99. The van der Waals surface area contributed by atoms with Gasteiger partial charge in [0.15, 0.2) is 5.60 Å². The lowest BCUT2D eigenvalue weighted by atomic mass is 9.92. The predicted octanol–water partition coefficient (Wildman–Crippen LogP) is 0.123. The van der Waals surface area contributed by atoms with E-state index in [9.17, 15) is 18.0 Å². The SMILES string of the molecule is COC1(C(F)(F)F)CN(C(=O)C(C)N)C1. The summed E-state index contributed by atoms with van der Waals surface area (Å²) in [5.41, 5.74) is 3.06. The van der Waals surface area contributed by atoms with E-state index in [-0.39, 0.29) is 0 Å². The van der Waals surface area contributed by atoms with Crippen molar-refractivity contribution in [1.82, 2.24) is 4.90 Å². The minimum Gasteiger partial charge on any atom is -0.365 e. The number of ether oxygens (including phenoxy) is 1. The van der Waals surface area contributed by atoms with Crippen LogP contribution in [0.1, 0.15) is 6.92 Å². The Morgan fingerprint density at radius 2 is 2.00 bits per heavy atom. The van der Waals surface area contributed by atoms with E-state index < -0.39 is 36.8 Å². The number of carbonyl (C=O) groups is 1. The number of halogens is 3. The molecule has 0 aromatic rings. The Hall–Kier alpha value is -0.820. The van der Waals surface area contributed by atoms with Crippen LogP contribution in [0.2, 0.25) is 0 Å². The summed E-state index contributed by atoms with van der Waals surface area (Å²) in [7, 11) is 0.987. The summed E-state index contributed by atoms with van der Waals surface area (Å²) >= 11 is 0. The second kappa shape index (κ2) is 3.64. The highest BCUT2D eigenvalue weighted by Gasteiger charge is 2.63.